The average Bonchev–Trinajstić information content (AvgIpc) is 2.59. The van der Waals surface area contributed by atoms with Crippen LogP contribution >= 0.6 is 22.6 Å². The minimum atomic E-state index is -0.721. The smallest absolute Gasteiger partial charge is 0.262 e. The third kappa shape index (κ3) is 3.17. The minimum Gasteiger partial charge on any atom is -0.477 e. The van der Waals surface area contributed by atoms with Crippen molar-refractivity contribution in [2.45, 2.75) is 6.10 Å². The molecule has 1 aliphatic heterocycles. The molecule has 118 valence electrons. The van der Waals surface area contributed by atoms with Gasteiger partial charge in [-0.15, -0.1) is 0 Å². The van der Waals surface area contributed by atoms with Gasteiger partial charge in [0.05, 0.1) is 12.2 Å². The fraction of sp³-hybridized carbons (Fsp3) is 0.176. The molecule has 2 amide bonds. The van der Waals surface area contributed by atoms with Crippen molar-refractivity contribution in [3.05, 3.63) is 57.7 Å². The molecule has 0 aromatic heterocycles. The maximum atomic E-state index is 12.9. The Balaban J connectivity index is 1.99. The van der Waals surface area contributed by atoms with Crippen molar-refractivity contribution >= 4 is 40.1 Å². The summed E-state index contributed by atoms with van der Waals surface area (Å²) in [7, 11) is 1.55. The van der Waals surface area contributed by atoms with Gasteiger partial charge >= 0.3 is 0 Å². The fourth-order valence-corrected chi connectivity index (χ4v) is 3.04. The zero-order valence-corrected chi connectivity index (χ0v) is 14.6. The van der Waals surface area contributed by atoms with Gasteiger partial charge in [0.1, 0.15) is 5.75 Å². The highest BCUT2D eigenvalue weighted by Gasteiger charge is 2.33. The molecule has 0 aliphatic carbocycles. The van der Waals surface area contributed by atoms with E-state index in [-0.39, 0.29) is 18.4 Å². The van der Waals surface area contributed by atoms with E-state index >= 15 is 0 Å². The van der Waals surface area contributed by atoms with E-state index < -0.39 is 6.10 Å². The largest absolute Gasteiger partial charge is 0.477 e. The summed E-state index contributed by atoms with van der Waals surface area (Å²) in [4.78, 5) is 26.5. The molecule has 1 atom stereocenters. The summed E-state index contributed by atoms with van der Waals surface area (Å²) in [5.74, 6) is 0.138. The number of carbonyl (C=O) groups excluding carboxylic acids is 2. The molecule has 1 heterocycles. The Kier molecular flexibility index (Phi) is 4.51. The zero-order valence-electron chi connectivity index (χ0n) is 12.5. The van der Waals surface area contributed by atoms with Gasteiger partial charge in [0.15, 0.2) is 6.10 Å². The lowest BCUT2D eigenvalue weighted by molar-refractivity contribution is -0.127. The molecule has 6 heteroatoms. The highest BCUT2D eigenvalue weighted by molar-refractivity contribution is 14.1. The zero-order chi connectivity index (χ0) is 16.4. The lowest BCUT2D eigenvalue weighted by Gasteiger charge is -2.34. The van der Waals surface area contributed by atoms with Gasteiger partial charge in [-0.3, -0.25) is 9.59 Å². The van der Waals surface area contributed by atoms with Crippen molar-refractivity contribution in [2.75, 3.05) is 18.5 Å². The topological polar surface area (TPSA) is 58.6 Å². The van der Waals surface area contributed by atoms with Crippen LogP contribution in [0.3, 0.4) is 0 Å². The lowest BCUT2D eigenvalue weighted by Crippen LogP contribution is -2.50. The Morgan fingerprint density at radius 3 is 2.74 bits per heavy atom. The summed E-state index contributed by atoms with van der Waals surface area (Å²) in [6.07, 6.45) is -0.721. The Morgan fingerprint density at radius 1 is 1.22 bits per heavy atom. The monoisotopic (exact) mass is 422 g/mol. The molecule has 0 spiro atoms. The normalized spacial score (nSPS) is 16.3. The number of ether oxygens (including phenoxy) is 1. The van der Waals surface area contributed by atoms with Gasteiger partial charge in [-0.1, -0.05) is 18.2 Å². The molecule has 2 aromatic rings. The summed E-state index contributed by atoms with van der Waals surface area (Å²) >= 11 is 2.17. The van der Waals surface area contributed by atoms with Crippen molar-refractivity contribution in [1.82, 2.24) is 5.32 Å². The first kappa shape index (κ1) is 15.8. The molecular formula is C17H15IN2O3. The van der Waals surface area contributed by atoms with Gasteiger partial charge in [0.2, 0.25) is 0 Å². The van der Waals surface area contributed by atoms with Crippen LogP contribution in [-0.4, -0.2) is 31.5 Å². The van der Waals surface area contributed by atoms with Gasteiger partial charge in [-0.05, 0) is 52.9 Å². The standard InChI is InChI=1S/C17H15IN2O3/c1-19-16(21)15-10-20(13-7-2-3-8-14(13)23-15)17(22)11-5-4-6-12(18)9-11/h2-9,15H,10H2,1H3,(H,19,21). The molecule has 23 heavy (non-hydrogen) atoms. The first-order chi connectivity index (χ1) is 11.1. The SMILES string of the molecule is CNC(=O)C1CN(C(=O)c2cccc(I)c2)c2ccccc2O1. The number of fused-ring (bicyclic) bond motifs is 1. The second-order valence-corrected chi connectivity index (χ2v) is 6.36. The average molecular weight is 422 g/mol. The number of hydrogen-bond donors (Lipinski definition) is 1. The molecule has 1 aliphatic rings. The second-order valence-electron chi connectivity index (χ2n) is 5.11. The van der Waals surface area contributed by atoms with Crippen molar-refractivity contribution in [1.29, 1.82) is 0 Å². The number of amides is 2. The number of anilines is 1. The van der Waals surface area contributed by atoms with E-state index in [1.165, 1.54) is 0 Å². The van der Waals surface area contributed by atoms with Crippen LogP contribution < -0.4 is 15.0 Å². The Morgan fingerprint density at radius 2 is 2.00 bits per heavy atom. The quantitative estimate of drug-likeness (QED) is 0.757. The summed E-state index contributed by atoms with van der Waals surface area (Å²) in [6.45, 7) is 0.182. The number of likely N-dealkylation sites (N-methyl/N-ethyl adjacent to an activating group) is 1. The molecule has 0 radical (unpaired) electrons. The first-order valence-electron chi connectivity index (χ1n) is 7.15. The maximum absolute atomic E-state index is 12.9. The number of para-hydroxylation sites is 2. The Hall–Kier alpha value is -2.09. The summed E-state index contributed by atoms with van der Waals surface area (Å²) < 4.78 is 6.70. The molecule has 0 fully saturated rings. The Labute approximate surface area is 147 Å². The van der Waals surface area contributed by atoms with Crippen LogP contribution in [0.2, 0.25) is 0 Å². The Bertz CT molecular complexity index is 763. The van der Waals surface area contributed by atoms with E-state index in [0.717, 1.165) is 3.57 Å². The van der Waals surface area contributed by atoms with Gasteiger partial charge in [-0.2, -0.15) is 0 Å². The van der Waals surface area contributed by atoms with Crippen LogP contribution in [-0.2, 0) is 4.79 Å². The number of nitrogens with one attached hydrogen (secondary N) is 1. The number of rotatable bonds is 2. The van der Waals surface area contributed by atoms with Gasteiger partial charge in [0, 0.05) is 16.2 Å². The molecule has 0 bridgehead atoms. The molecule has 0 saturated heterocycles. The molecular weight excluding hydrogens is 407 g/mol. The third-order valence-corrected chi connectivity index (χ3v) is 4.30. The predicted molar refractivity (Wildman–Crippen MR) is 95.8 cm³/mol. The summed E-state index contributed by atoms with van der Waals surface area (Å²) in [5.41, 5.74) is 1.26. The van der Waals surface area contributed by atoms with E-state index in [1.54, 1.807) is 24.1 Å². The number of carbonyl (C=O) groups is 2. The van der Waals surface area contributed by atoms with Crippen LogP contribution in [0.15, 0.2) is 48.5 Å². The van der Waals surface area contributed by atoms with Gasteiger partial charge in [0.25, 0.3) is 11.8 Å². The lowest BCUT2D eigenvalue weighted by atomic mass is 10.1. The number of benzene rings is 2. The van der Waals surface area contributed by atoms with E-state index in [4.69, 9.17) is 4.74 Å². The summed E-state index contributed by atoms with van der Waals surface area (Å²) in [5, 5.41) is 2.57. The molecule has 0 saturated carbocycles. The molecule has 5 nitrogen and oxygen atoms in total. The third-order valence-electron chi connectivity index (χ3n) is 3.63. The van der Waals surface area contributed by atoms with Crippen LogP contribution in [0.1, 0.15) is 10.4 Å². The highest BCUT2D eigenvalue weighted by Crippen LogP contribution is 2.34. The molecule has 1 N–H and O–H groups in total. The van der Waals surface area contributed by atoms with E-state index in [9.17, 15) is 9.59 Å². The van der Waals surface area contributed by atoms with Crippen LogP contribution in [0.5, 0.6) is 5.75 Å². The molecule has 3 rings (SSSR count). The minimum absolute atomic E-state index is 0.145. The fourth-order valence-electron chi connectivity index (χ4n) is 2.50. The van der Waals surface area contributed by atoms with Crippen molar-refractivity contribution in [2.24, 2.45) is 0 Å². The van der Waals surface area contributed by atoms with Crippen LogP contribution in [0, 0.1) is 3.57 Å². The number of hydrogen-bond acceptors (Lipinski definition) is 3. The molecule has 1 unspecified atom stereocenters. The van der Waals surface area contributed by atoms with Crippen LogP contribution in [0.25, 0.3) is 0 Å². The highest BCUT2D eigenvalue weighted by atomic mass is 127. The summed E-state index contributed by atoms with van der Waals surface area (Å²) in [6, 6.07) is 14.6. The van der Waals surface area contributed by atoms with Gasteiger partial charge < -0.3 is 15.0 Å². The van der Waals surface area contributed by atoms with Crippen molar-refractivity contribution < 1.29 is 14.3 Å². The van der Waals surface area contributed by atoms with Crippen molar-refractivity contribution in [3.8, 4) is 5.75 Å². The maximum Gasteiger partial charge on any atom is 0.262 e. The van der Waals surface area contributed by atoms with E-state index in [1.807, 2.05) is 36.4 Å². The van der Waals surface area contributed by atoms with E-state index in [0.29, 0.717) is 17.0 Å². The second kappa shape index (κ2) is 6.57. The number of halogens is 1. The molecule has 2 aromatic carbocycles. The van der Waals surface area contributed by atoms with Crippen molar-refractivity contribution in [3.63, 3.8) is 0 Å². The van der Waals surface area contributed by atoms with E-state index in [2.05, 4.69) is 27.9 Å². The number of nitrogens with zero attached hydrogens (tertiary/aromatic N) is 1. The first-order valence-corrected chi connectivity index (χ1v) is 8.22. The van der Waals surface area contributed by atoms with Crippen LogP contribution in [0.4, 0.5) is 5.69 Å². The van der Waals surface area contributed by atoms with Gasteiger partial charge in [-0.25, -0.2) is 0 Å². The predicted octanol–water partition coefficient (Wildman–Crippen LogP) is 2.45.